The van der Waals surface area contributed by atoms with Crippen molar-refractivity contribution in [3.8, 4) is 34.2 Å². The van der Waals surface area contributed by atoms with Crippen LogP contribution in [-0.4, -0.2) is 29.1 Å². The van der Waals surface area contributed by atoms with Crippen LogP contribution in [0.1, 0.15) is 0 Å². The van der Waals surface area contributed by atoms with Crippen molar-refractivity contribution in [1.82, 2.24) is 29.1 Å². The highest BCUT2D eigenvalue weighted by Crippen LogP contribution is 2.73. The van der Waals surface area contributed by atoms with Crippen molar-refractivity contribution in [1.29, 1.82) is 0 Å². The van der Waals surface area contributed by atoms with Crippen molar-refractivity contribution in [3.05, 3.63) is 231 Å². The van der Waals surface area contributed by atoms with Crippen LogP contribution in [0.25, 0.3) is 77.8 Å². The summed E-state index contributed by atoms with van der Waals surface area (Å²) in [5.41, 5.74) is 8.34. The number of para-hydroxylation sites is 4. The molecule has 7 heteroatoms. The van der Waals surface area contributed by atoms with Crippen LogP contribution < -0.4 is 0 Å². The van der Waals surface area contributed by atoms with Crippen LogP contribution in [0.15, 0.2) is 251 Å². The van der Waals surface area contributed by atoms with Gasteiger partial charge in [0.2, 0.25) is 11.9 Å². The summed E-state index contributed by atoms with van der Waals surface area (Å²) in [6.45, 7) is 0. The van der Waals surface area contributed by atoms with E-state index in [-0.39, 0.29) is 0 Å². The summed E-state index contributed by atoms with van der Waals surface area (Å²) in [6, 6.07) is 73.6. The van der Waals surface area contributed by atoms with Crippen LogP contribution in [0.3, 0.4) is 0 Å². The molecule has 12 rings (SSSR count). The van der Waals surface area contributed by atoms with Gasteiger partial charge in [0.05, 0.1) is 22.1 Å². The first-order valence-electron chi connectivity index (χ1n) is 21.0. The molecule has 0 atom stereocenters. The highest BCUT2D eigenvalue weighted by Gasteiger charge is 2.34. The molecule has 4 aromatic heterocycles. The molecule has 0 N–H and O–H groups in total. The van der Waals surface area contributed by atoms with Gasteiger partial charge in [-0.2, -0.15) is 0 Å². The van der Waals surface area contributed by atoms with Gasteiger partial charge in [0.25, 0.3) is 0 Å². The van der Waals surface area contributed by atoms with Crippen molar-refractivity contribution in [2.24, 2.45) is 0 Å². The molecule has 6 nitrogen and oxygen atoms in total. The summed E-state index contributed by atoms with van der Waals surface area (Å²) < 4.78 is 4.31. The highest BCUT2D eigenvalue weighted by molar-refractivity contribution is 8.34. The zero-order valence-electron chi connectivity index (χ0n) is 34.0. The molecule has 0 spiro atoms. The number of rotatable bonds is 8. The Hall–Kier alpha value is -8.13. The Labute approximate surface area is 365 Å². The van der Waals surface area contributed by atoms with Gasteiger partial charge in [0, 0.05) is 77.0 Å². The van der Waals surface area contributed by atoms with E-state index < -0.39 is 10.0 Å². The van der Waals surface area contributed by atoms with Crippen molar-refractivity contribution in [3.63, 3.8) is 0 Å². The topological polar surface area (TPSA) is 61.4 Å². The highest BCUT2D eigenvalue weighted by atomic mass is 32.3. The third-order valence-electron chi connectivity index (χ3n) is 12.1. The van der Waals surface area contributed by atoms with Crippen molar-refractivity contribution in [2.75, 3.05) is 0 Å². The predicted octanol–water partition coefficient (Wildman–Crippen LogP) is 14.1. The van der Waals surface area contributed by atoms with E-state index in [1.807, 2.05) is 24.8 Å². The summed E-state index contributed by atoms with van der Waals surface area (Å²) in [6.07, 6.45) is 7.82. The van der Waals surface area contributed by atoms with Gasteiger partial charge in [0.1, 0.15) is 0 Å². The molecule has 0 aliphatic carbocycles. The van der Waals surface area contributed by atoms with Crippen molar-refractivity contribution < 1.29 is 0 Å². The molecule has 0 aliphatic heterocycles. The Bertz CT molecular complexity index is 3270. The predicted molar refractivity (Wildman–Crippen MR) is 257 cm³/mol. The van der Waals surface area contributed by atoms with Gasteiger partial charge in [-0.15, -0.1) is 10.0 Å². The van der Waals surface area contributed by atoms with Crippen LogP contribution in [0, 0.1) is 0 Å². The lowest BCUT2D eigenvalue weighted by Crippen LogP contribution is -2.06. The van der Waals surface area contributed by atoms with Crippen LogP contribution in [0.5, 0.6) is 0 Å². The van der Waals surface area contributed by atoms with Crippen LogP contribution in [0.2, 0.25) is 0 Å². The molecule has 0 fully saturated rings. The molecule has 0 saturated heterocycles. The lowest BCUT2D eigenvalue weighted by Gasteiger charge is -2.42. The second kappa shape index (κ2) is 15.1. The van der Waals surface area contributed by atoms with Gasteiger partial charge >= 0.3 is 0 Å². The normalized spacial score (nSPS) is 12.1. The smallest absolute Gasteiger partial charge is 0.234 e. The van der Waals surface area contributed by atoms with Crippen LogP contribution in [0.4, 0.5) is 0 Å². The molecular weight excluding hydrogens is 789 g/mol. The van der Waals surface area contributed by atoms with E-state index in [4.69, 9.17) is 19.9 Å². The molecule has 0 bridgehead atoms. The summed E-state index contributed by atoms with van der Waals surface area (Å²) in [5.74, 6) is 1.29. The fraction of sp³-hybridized carbons (Fsp3) is 0. The van der Waals surface area contributed by atoms with Gasteiger partial charge in [-0.25, -0.2) is 19.9 Å². The summed E-state index contributed by atoms with van der Waals surface area (Å²) in [7, 11) is -2.05. The van der Waals surface area contributed by atoms with Gasteiger partial charge in [-0.3, -0.25) is 9.13 Å². The van der Waals surface area contributed by atoms with Crippen LogP contribution >= 0.6 is 10.0 Å². The van der Waals surface area contributed by atoms with Gasteiger partial charge < -0.3 is 0 Å². The van der Waals surface area contributed by atoms with E-state index in [1.54, 1.807) is 0 Å². The molecule has 63 heavy (non-hydrogen) atoms. The van der Waals surface area contributed by atoms with Gasteiger partial charge in [0.15, 0.2) is 0 Å². The summed E-state index contributed by atoms with van der Waals surface area (Å²) >= 11 is 0. The first-order chi connectivity index (χ1) is 31.3. The average molecular weight is 827 g/mol. The van der Waals surface area contributed by atoms with Gasteiger partial charge in [-0.05, 0) is 83.9 Å². The second-order valence-corrected chi connectivity index (χ2v) is 18.7. The summed E-state index contributed by atoms with van der Waals surface area (Å²) in [5, 5.41) is 4.73. The van der Waals surface area contributed by atoms with Gasteiger partial charge in [-0.1, -0.05) is 133 Å². The minimum atomic E-state index is -2.05. The molecule has 4 heterocycles. The largest absolute Gasteiger partial charge is 0.278 e. The van der Waals surface area contributed by atoms with E-state index in [9.17, 15) is 0 Å². The SMILES string of the molecule is c1ccc(S(c2ccccc2)(c2cccc(-c3cnc(-n4c5ccccc5c5ccccc54)nc3)c2)c2cccc(-c3cnc(-n4c5ccccc5c5ccccc54)nc3)c2)cc1. The molecule has 0 radical (unpaired) electrons. The Balaban J connectivity index is 0.980. The Morgan fingerprint density at radius 3 is 0.921 bits per heavy atom. The molecule has 0 saturated carbocycles. The van der Waals surface area contributed by atoms with Crippen molar-refractivity contribution in [2.45, 2.75) is 19.6 Å². The van der Waals surface area contributed by atoms with E-state index in [2.05, 4.69) is 215 Å². The minimum absolute atomic E-state index is 0.643. The minimum Gasteiger partial charge on any atom is -0.278 e. The quantitative estimate of drug-likeness (QED) is 0.153. The Morgan fingerprint density at radius 2 is 0.571 bits per heavy atom. The fourth-order valence-electron chi connectivity index (χ4n) is 9.25. The summed E-state index contributed by atoms with van der Waals surface area (Å²) in [4.78, 5) is 24.9. The molecule has 12 aromatic rings. The Morgan fingerprint density at radius 1 is 0.270 bits per heavy atom. The van der Waals surface area contributed by atoms with E-state index in [1.165, 1.54) is 41.1 Å². The standard InChI is InChI=1S/C56H38N6S/c1-3-19-43(20-4-1)63(44-21-5-2-6-22-44,45-23-15-17-39(33-45)41-35-57-55(58-36-41)61-51-29-11-7-25-47(51)48-26-8-12-30-52(48)61)46-24-16-18-40(34-46)42-37-59-56(60-38-42)62-53-31-13-9-27-49(53)50-28-10-14-32-54(50)62/h1-38H. The number of nitrogens with zero attached hydrogens (tertiary/aromatic N) is 6. The first kappa shape index (κ1) is 36.7. The monoisotopic (exact) mass is 826 g/mol. The maximum absolute atomic E-state index is 5.01. The maximum atomic E-state index is 5.01. The number of fused-ring (bicyclic) bond motifs is 6. The number of hydrogen-bond donors (Lipinski definition) is 0. The number of hydrogen-bond acceptors (Lipinski definition) is 4. The first-order valence-corrected chi connectivity index (χ1v) is 22.6. The molecule has 0 amide bonds. The fourth-order valence-corrected chi connectivity index (χ4v) is 13.2. The average Bonchev–Trinajstić information content (AvgIpc) is 3.88. The van der Waals surface area contributed by atoms with E-state index in [0.717, 1.165) is 44.3 Å². The molecule has 0 aliphatic rings. The second-order valence-electron chi connectivity index (χ2n) is 15.6. The maximum Gasteiger partial charge on any atom is 0.234 e. The number of aromatic nitrogens is 6. The van der Waals surface area contributed by atoms with E-state index >= 15 is 0 Å². The zero-order valence-corrected chi connectivity index (χ0v) is 34.8. The third kappa shape index (κ3) is 5.97. The Kier molecular flexibility index (Phi) is 8.79. The molecule has 0 unspecified atom stereocenters. The lowest BCUT2D eigenvalue weighted by atomic mass is 10.1. The van der Waals surface area contributed by atoms with E-state index in [0.29, 0.717) is 11.9 Å². The zero-order chi connectivity index (χ0) is 41.7. The number of benzene rings is 8. The third-order valence-corrected chi connectivity index (χ3v) is 16.0. The molecule has 8 aromatic carbocycles. The molecular formula is C56H38N6S. The lowest BCUT2D eigenvalue weighted by molar-refractivity contribution is 0.990. The molecule has 298 valence electrons. The van der Waals surface area contributed by atoms with Crippen molar-refractivity contribution >= 4 is 53.6 Å². The van der Waals surface area contributed by atoms with Crippen LogP contribution in [-0.2, 0) is 0 Å².